The van der Waals surface area contributed by atoms with Gasteiger partial charge in [-0.15, -0.1) is 0 Å². The molecule has 0 spiro atoms. The minimum Gasteiger partial charge on any atom is -0.339 e. The standard InChI is InChI=1S/C26H26N4O2/c31-24-9-7-21-15-19(17-27-26(21)29-24)5-10-25(32)30-13-11-18(12-14-30)16-22-8-6-20-3-1-2-4-23(20)28-22/h1-6,8,10,15,17-18H,7,9,11-14,16H2,(H,27,29,31). The lowest BCUT2D eigenvalue weighted by Crippen LogP contribution is -2.38. The first-order valence-electron chi connectivity index (χ1n) is 11.2. The zero-order valence-electron chi connectivity index (χ0n) is 18.0. The molecule has 162 valence electrons. The minimum absolute atomic E-state index is 0.00303. The van der Waals surface area contributed by atoms with E-state index in [1.165, 1.54) is 5.39 Å². The van der Waals surface area contributed by atoms with Crippen molar-refractivity contribution in [3.8, 4) is 0 Å². The number of hydrogen-bond donors (Lipinski definition) is 1. The number of likely N-dealkylation sites (tertiary alicyclic amines) is 1. The Morgan fingerprint density at radius 3 is 2.84 bits per heavy atom. The van der Waals surface area contributed by atoms with E-state index in [0.29, 0.717) is 24.6 Å². The van der Waals surface area contributed by atoms with E-state index in [-0.39, 0.29) is 11.8 Å². The maximum atomic E-state index is 12.7. The van der Waals surface area contributed by atoms with Crippen LogP contribution in [0.4, 0.5) is 5.82 Å². The molecule has 1 fully saturated rings. The number of nitrogens with zero attached hydrogens (tertiary/aromatic N) is 3. The van der Waals surface area contributed by atoms with Gasteiger partial charge in [0.05, 0.1) is 5.52 Å². The van der Waals surface area contributed by atoms with Crippen LogP contribution >= 0.6 is 0 Å². The summed E-state index contributed by atoms with van der Waals surface area (Å²) in [4.78, 5) is 35.2. The Kier molecular flexibility index (Phi) is 5.67. The van der Waals surface area contributed by atoms with Gasteiger partial charge in [-0.3, -0.25) is 14.6 Å². The number of carbonyl (C=O) groups is 2. The Balaban J connectivity index is 1.15. The molecule has 6 nitrogen and oxygen atoms in total. The monoisotopic (exact) mass is 426 g/mol. The molecule has 0 aliphatic carbocycles. The summed E-state index contributed by atoms with van der Waals surface area (Å²) in [6, 6.07) is 14.5. The fraction of sp³-hybridized carbons (Fsp3) is 0.308. The van der Waals surface area contributed by atoms with Gasteiger partial charge in [-0.25, -0.2) is 4.98 Å². The lowest BCUT2D eigenvalue weighted by molar-refractivity contribution is -0.127. The Labute approximate surface area is 187 Å². The number of rotatable bonds is 4. The minimum atomic E-state index is 0.00303. The summed E-state index contributed by atoms with van der Waals surface area (Å²) < 4.78 is 0. The molecule has 2 amide bonds. The van der Waals surface area contributed by atoms with Crippen LogP contribution in [-0.4, -0.2) is 39.8 Å². The molecule has 0 atom stereocenters. The van der Waals surface area contributed by atoms with E-state index in [4.69, 9.17) is 4.98 Å². The number of para-hydroxylation sites is 1. The first kappa shape index (κ1) is 20.4. The Hall–Kier alpha value is -3.54. The molecule has 0 radical (unpaired) electrons. The van der Waals surface area contributed by atoms with Crippen LogP contribution in [0.25, 0.3) is 17.0 Å². The zero-order valence-corrected chi connectivity index (χ0v) is 18.0. The topological polar surface area (TPSA) is 75.2 Å². The van der Waals surface area contributed by atoms with Crippen LogP contribution in [0.15, 0.2) is 54.7 Å². The van der Waals surface area contributed by atoms with Crippen molar-refractivity contribution in [2.24, 2.45) is 5.92 Å². The maximum Gasteiger partial charge on any atom is 0.246 e. The van der Waals surface area contributed by atoms with Gasteiger partial charge >= 0.3 is 0 Å². The number of anilines is 1. The van der Waals surface area contributed by atoms with Gasteiger partial charge in [0.25, 0.3) is 0 Å². The van der Waals surface area contributed by atoms with E-state index in [0.717, 1.165) is 54.7 Å². The summed E-state index contributed by atoms with van der Waals surface area (Å²) in [5, 5.41) is 3.95. The van der Waals surface area contributed by atoms with Crippen molar-refractivity contribution < 1.29 is 9.59 Å². The Bertz CT molecular complexity index is 1200. The summed E-state index contributed by atoms with van der Waals surface area (Å²) in [5.41, 5.74) is 4.07. The third-order valence-electron chi connectivity index (χ3n) is 6.37. The highest BCUT2D eigenvalue weighted by Crippen LogP contribution is 2.24. The van der Waals surface area contributed by atoms with E-state index in [1.54, 1.807) is 12.3 Å². The van der Waals surface area contributed by atoms with Crippen molar-refractivity contribution in [2.75, 3.05) is 18.4 Å². The summed E-state index contributed by atoms with van der Waals surface area (Å²) in [5.74, 6) is 1.23. The van der Waals surface area contributed by atoms with Gasteiger partial charge in [-0.1, -0.05) is 24.3 Å². The van der Waals surface area contributed by atoms with Gasteiger partial charge < -0.3 is 10.2 Å². The number of benzene rings is 1. The Morgan fingerprint density at radius 1 is 1.12 bits per heavy atom. The molecular weight excluding hydrogens is 400 g/mol. The van der Waals surface area contributed by atoms with Crippen LogP contribution in [-0.2, 0) is 22.4 Å². The first-order chi connectivity index (χ1) is 15.6. The molecule has 3 aromatic rings. The summed E-state index contributed by atoms with van der Waals surface area (Å²) >= 11 is 0. The number of fused-ring (bicyclic) bond motifs is 2. The highest BCUT2D eigenvalue weighted by Gasteiger charge is 2.22. The van der Waals surface area contributed by atoms with Gasteiger partial charge in [0, 0.05) is 42.9 Å². The molecule has 1 N–H and O–H groups in total. The Morgan fingerprint density at radius 2 is 1.97 bits per heavy atom. The van der Waals surface area contributed by atoms with Crippen molar-refractivity contribution >= 4 is 34.6 Å². The van der Waals surface area contributed by atoms with Crippen LogP contribution in [0.2, 0.25) is 0 Å². The number of nitrogens with one attached hydrogen (secondary N) is 1. The van der Waals surface area contributed by atoms with Crippen LogP contribution in [0.3, 0.4) is 0 Å². The molecule has 1 saturated heterocycles. The predicted octanol–water partition coefficient (Wildman–Crippen LogP) is 4.01. The molecule has 1 aromatic carbocycles. The van der Waals surface area contributed by atoms with E-state index < -0.39 is 0 Å². The average molecular weight is 427 g/mol. The van der Waals surface area contributed by atoms with Crippen molar-refractivity contribution in [1.29, 1.82) is 0 Å². The van der Waals surface area contributed by atoms with Crippen molar-refractivity contribution in [3.63, 3.8) is 0 Å². The second-order valence-electron chi connectivity index (χ2n) is 8.63. The molecule has 0 bridgehead atoms. The number of pyridine rings is 2. The molecular formula is C26H26N4O2. The number of aryl methyl sites for hydroxylation is 1. The molecule has 6 heteroatoms. The van der Waals surface area contributed by atoms with Crippen LogP contribution in [0.5, 0.6) is 0 Å². The molecule has 0 saturated carbocycles. The fourth-order valence-corrected chi connectivity index (χ4v) is 4.51. The number of amides is 2. The number of carbonyl (C=O) groups excluding carboxylic acids is 2. The van der Waals surface area contributed by atoms with Crippen molar-refractivity contribution in [2.45, 2.75) is 32.1 Å². The highest BCUT2D eigenvalue weighted by atomic mass is 16.2. The molecule has 4 heterocycles. The number of piperidine rings is 1. The van der Waals surface area contributed by atoms with Gasteiger partial charge in [-0.2, -0.15) is 0 Å². The van der Waals surface area contributed by atoms with Crippen LogP contribution < -0.4 is 5.32 Å². The second kappa shape index (κ2) is 8.91. The molecule has 0 unspecified atom stereocenters. The van der Waals surface area contributed by atoms with E-state index >= 15 is 0 Å². The lowest BCUT2D eigenvalue weighted by atomic mass is 9.91. The van der Waals surface area contributed by atoms with Gasteiger partial charge in [-0.05, 0) is 67.0 Å². The summed E-state index contributed by atoms with van der Waals surface area (Å²) in [6.45, 7) is 1.55. The molecule has 2 aromatic heterocycles. The highest BCUT2D eigenvalue weighted by molar-refractivity contribution is 5.93. The SMILES string of the molecule is O=C1CCc2cc(C=CC(=O)N3CCC(Cc4ccc5ccccc5n4)CC3)cnc2N1. The van der Waals surface area contributed by atoms with E-state index in [2.05, 4.69) is 34.6 Å². The summed E-state index contributed by atoms with van der Waals surface area (Å²) in [7, 11) is 0. The summed E-state index contributed by atoms with van der Waals surface area (Å²) in [6.07, 6.45) is 9.25. The third kappa shape index (κ3) is 4.54. The van der Waals surface area contributed by atoms with Crippen LogP contribution in [0.1, 0.15) is 36.1 Å². The lowest BCUT2D eigenvalue weighted by Gasteiger charge is -2.31. The zero-order chi connectivity index (χ0) is 21.9. The maximum absolute atomic E-state index is 12.7. The first-order valence-corrected chi connectivity index (χ1v) is 11.2. The van der Waals surface area contributed by atoms with Crippen molar-refractivity contribution in [3.05, 3.63) is 71.6 Å². The van der Waals surface area contributed by atoms with Gasteiger partial charge in [0.2, 0.25) is 11.8 Å². The molecule has 32 heavy (non-hydrogen) atoms. The normalized spacial score (nSPS) is 16.9. The molecule has 2 aliphatic heterocycles. The van der Waals surface area contributed by atoms with Crippen molar-refractivity contribution in [1.82, 2.24) is 14.9 Å². The fourth-order valence-electron chi connectivity index (χ4n) is 4.51. The van der Waals surface area contributed by atoms with Crippen LogP contribution in [0, 0.1) is 5.92 Å². The second-order valence-corrected chi connectivity index (χ2v) is 8.63. The number of aromatic nitrogens is 2. The van der Waals surface area contributed by atoms with E-state index in [9.17, 15) is 9.59 Å². The smallest absolute Gasteiger partial charge is 0.246 e. The van der Waals surface area contributed by atoms with Gasteiger partial charge in [0.1, 0.15) is 5.82 Å². The largest absolute Gasteiger partial charge is 0.339 e. The molecule has 5 rings (SSSR count). The third-order valence-corrected chi connectivity index (χ3v) is 6.37. The average Bonchev–Trinajstić information content (AvgIpc) is 2.83. The number of hydrogen-bond acceptors (Lipinski definition) is 4. The van der Waals surface area contributed by atoms with E-state index in [1.807, 2.05) is 29.2 Å². The quantitative estimate of drug-likeness (QED) is 0.640. The molecule has 2 aliphatic rings. The predicted molar refractivity (Wildman–Crippen MR) is 125 cm³/mol. The van der Waals surface area contributed by atoms with Gasteiger partial charge in [0.15, 0.2) is 0 Å².